The van der Waals surface area contributed by atoms with E-state index in [1.54, 1.807) is 0 Å². The lowest BCUT2D eigenvalue weighted by Gasteiger charge is -2.25. The molecule has 100 valence electrons. The normalized spacial score (nSPS) is 16.7. The van der Waals surface area contributed by atoms with Crippen molar-refractivity contribution in [1.29, 1.82) is 0 Å². The van der Waals surface area contributed by atoms with Gasteiger partial charge in [0.25, 0.3) is 0 Å². The molecule has 0 radical (unpaired) electrons. The van der Waals surface area contributed by atoms with Crippen LogP contribution in [0, 0.1) is 5.92 Å². The number of hydrogen-bond acceptors (Lipinski definition) is 2. The van der Waals surface area contributed by atoms with Crippen LogP contribution in [0.5, 0.6) is 0 Å². The Hall–Kier alpha value is -1.03. The average Bonchev–Trinajstić information content (AvgIpc) is 3.00. The number of rotatable bonds is 5. The van der Waals surface area contributed by atoms with Gasteiger partial charge in [-0.1, -0.05) is 19.9 Å². The Balaban J connectivity index is 1.81. The van der Waals surface area contributed by atoms with E-state index in [-0.39, 0.29) is 5.41 Å². The fraction of sp³-hybridized carbons (Fsp3) is 0.643. The zero-order valence-electron chi connectivity index (χ0n) is 11.5. The van der Waals surface area contributed by atoms with Gasteiger partial charge in [0.1, 0.15) is 0 Å². The molecule has 18 heavy (non-hydrogen) atoms. The molecule has 2 rings (SSSR count). The second kappa shape index (κ2) is 5.74. The summed E-state index contributed by atoms with van der Waals surface area (Å²) in [5.74, 6) is 1.79. The second-order valence-electron chi connectivity index (χ2n) is 5.61. The molecule has 1 aromatic heterocycles. The van der Waals surface area contributed by atoms with Crippen molar-refractivity contribution in [3.8, 4) is 0 Å². The monoisotopic (exact) mass is 265 g/mol. The van der Waals surface area contributed by atoms with Gasteiger partial charge in [0, 0.05) is 30.4 Å². The largest absolute Gasteiger partial charge is 0.356 e. The second-order valence-corrected chi connectivity index (χ2v) is 6.56. The molecule has 0 aliphatic heterocycles. The minimum absolute atomic E-state index is 0.144. The van der Waals surface area contributed by atoms with Gasteiger partial charge >= 0.3 is 0 Å². The molecule has 0 unspecified atom stereocenters. The Morgan fingerprint density at radius 3 is 2.78 bits per heavy atom. The van der Waals surface area contributed by atoms with E-state index in [1.165, 1.54) is 17.7 Å². The van der Waals surface area contributed by atoms with Crippen LogP contribution < -0.4 is 10.6 Å². The van der Waals surface area contributed by atoms with Crippen molar-refractivity contribution in [1.82, 2.24) is 10.6 Å². The summed E-state index contributed by atoms with van der Waals surface area (Å²) in [6.45, 7) is 6.48. The Morgan fingerprint density at radius 1 is 1.44 bits per heavy atom. The number of guanidine groups is 1. The van der Waals surface area contributed by atoms with Gasteiger partial charge in [-0.3, -0.25) is 4.99 Å². The molecule has 1 heterocycles. The van der Waals surface area contributed by atoms with Crippen LogP contribution in [0.4, 0.5) is 0 Å². The van der Waals surface area contributed by atoms with E-state index in [0.29, 0.717) is 0 Å². The number of hydrogen-bond donors (Lipinski definition) is 2. The third-order valence-electron chi connectivity index (χ3n) is 3.36. The minimum atomic E-state index is 0.144. The van der Waals surface area contributed by atoms with E-state index in [9.17, 15) is 0 Å². The van der Waals surface area contributed by atoms with Gasteiger partial charge in [0.15, 0.2) is 5.96 Å². The van der Waals surface area contributed by atoms with Gasteiger partial charge < -0.3 is 10.6 Å². The fourth-order valence-electron chi connectivity index (χ4n) is 1.84. The van der Waals surface area contributed by atoms with Crippen molar-refractivity contribution in [2.45, 2.75) is 32.1 Å². The predicted octanol–water partition coefficient (Wildman–Crippen LogP) is 2.60. The molecule has 0 saturated heterocycles. The van der Waals surface area contributed by atoms with Crippen LogP contribution in [0.25, 0.3) is 0 Å². The van der Waals surface area contributed by atoms with E-state index in [1.807, 2.05) is 18.4 Å². The molecule has 0 aromatic carbocycles. The quantitative estimate of drug-likeness (QED) is 0.634. The summed E-state index contributed by atoms with van der Waals surface area (Å²) in [4.78, 5) is 5.68. The van der Waals surface area contributed by atoms with Crippen molar-refractivity contribution in [2.75, 3.05) is 20.1 Å². The van der Waals surface area contributed by atoms with Crippen molar-refractivity contribution >= 4 is 17.3 Å². The fourth-order valence-corrected chi connectivity index (χ4v) is 2.69. The number of nitrogens with one attached hydrogen (secondary N) is 2. The van der Waals surface area contributed by atoms with E-state index >= 15 is 0 Å². The highest BCUT2D eigenvalue weighted by atomic mass is 32.1. The first kappa shape index (κ1) is 13.4. The van der Waals surface area contributed by atoms with E-state index in [0.717, 1.165) is 25.0 Å². The van der Waals surface area contributed by atoms with Gasteiger partial charge in [-0.15, -0.1) is 11.3 Å². The molecule has 3 nitrogen and oxygen atoms in total. The average molecular weight is 265 g/mol. The number of aliphatic imine (C=N–C) groups is 1. The molecule has 1 aliphatic rings. The molecule has 1 aliphatic carbocycles. The maximum absolute atomic E-state index is 4.27. The van der Waals surface area contributed by atoms with Crippen molar-refractivity contribution in [3.63, 3.8) is 0 Å². The van der Waals surface area contributed by atoms with Crippen LogP contribution in [0.15, 0.2) is 22.5 Å². The molecular weight excluding hydrogens is 242 g/mol. The smallest absolute Gasteiger partial charge is 0.191 e. The predicted molar refractivity (Wildman–Crippen MR) is 79.4 cm³/mol. The summed E-state index contributed by atoms with van der Waals surface area (Å²) < 4.78 is 0. The molecule has 1 fully saturated rings. The summed E-state index contributed by atoms with van der Waals surface area (Å²) in [7, 11) is 1.83. The van der Waals surface area contributed by atoms with Crippen LogP contribution in [0.1, 0.15) is 31.6 Å². The third kappa shape index (κ3) is 3.73. The zero-order chi connectivity index (χ0) is 13.0. The molecule has 1 saturated carbocycles. The number of thiophene rings is 1. The van der Waals surface area contributed by atoms with E-state index in [2.05, 4.69) is 47.0 Å². The Kier molecular flexibility index (Phi) is 4.27. The Morgan fingerprint density at radius 2 is 2.22 bits per heavy atom. The van der Waals surface area contributed by atoms with Crippen molar-refractivity contribution in [3.05, 3.63) is 22.4 Å². The maximum Gasteiger partial charge on any atom is 0.191 e. The van der Waals surface area contributed by atoms with Gasteiger partial charge in [-0.25, -0.2) is 0 Å². The van der Waals surface area contributed by atoms with Gasteiger partial charge in [-0.05, 0) is 30.2 Å². The highest BCUT2D eigenvalue weighted by Crippen LogP contribution is 2.28. The van der Waals surface area contributed by atoms with E-state index < -0.39 is 0 Å². The van der Waals surface area contributed by atoms with Crippen molar-refractivity contribution in [2.24, 2.45) is 10.9 Å². The Bertz CT molecular complexity index is 391. The van der Waals surface area contributed by atoms with Crippen LogP contribution in [0.3, 0.4) is 0 Å². The number of nitrogens with zero attached hydrogens (tertiary/aromatic N) is 1. The van der Waals surface area contributed by atoms with E-state index in [4.69, 9.17) is 0 Å². The first-order valence-corrected chi connectivity index (χ1v) is 7.48. The summed E-state index contributed by atoms with van der Waals surface area (Å²) in [5, 5.41) is 8.95. The lowest BCUT2D eigenvalue weighted by atomic mass is 9.91. The van der Waals surface area contributed by atoms with Gasteiger partial charge in [0.05, 0.1) is 0 Å². The molecular formula is C14H23N3S. The lowest BCUT2D eigenvalue weighted by Crippen LogP contribution is -2.43. The van der Waals surface area contributed by atoms with Gasteiger partial charge in [0.2, 0.25) is 0 Å². The molecule has 0 spiro atoms. The zero-order valence-corrected chi connectivity index (χ0v) is 12.3. The first-order valence-electron chi connectivity index (χ1n) is 6.60. The van der Waals surface area contributed by atoms with Crippen LogP contribution in [-0.4, -0.2) is 26.1 Å². The third-order valence-corrected chi connectivity index (χ3v) is 4.60. The summed E-state index contributed by atoms with van der Waals surface area (Å²) >= 11 is 1.82. The molecule has 0 amide bonds. The first-order chi connectivity index (χ1) is 8.62. The van der Waals surface area contributed by atoms with Crippen LogP contribution >= 0.6 is 11.3 Å². The highest BCUT2D eigenvalue weighted by Gasteiger charge is 2.23. The summed E-state index contributed by atoms with van der Waals surface area (Å²) in [5.41, 5.74) is 0.144. The van der Waals surface area contributed by atoms with Crippen LogP contribution in [0.2, 0.25) is 0 Å². The minimum Gasteiger partial charge on any atom is -0.356 e. The standard InChI is InChI=1S/C14H23N3S/c1-14(2,12-5-4-8-18-12)10-17-13(15-3)16-9-11-6-7-11/h4-5,8,11H,6-7,9-10H2,1-3H3,(H2,15,16,17). The lowest BCUT2D eigenvalue weighted by molar-refractivity contribution is 0.518. The van der Waals surface area contributed by atoms with Gasteiger partial charge in [-0.2, -0.15) is 0 Å². The molecule has 0 atom stereocenters. The molecule has 0 bridgehead atoms. The topological polar surface area (TPSA) is 36.4 Å². The summed E-state index contributed by atoms with van der Waals surface area (Å²) in [6, 6.07) is 4.31. The van der Waals surface area contributed by atoms with Crippen molar-refractivity contribution < 1.29 is 0 Å². The Labute approximate surface area is 114 Å². The molecule has 1 aromatic rings. The highest BCUT2D eigenvalue weighted by molar-refractivity contribution is 7.10. The van der Waals surface area contributed by atoms with Crippen LogP contribution in [-0.2, 0) is 5.41 Å². The molecule has 2 N–H and O–H groups in total. The summed E-state index contributed by atoms with van der Waals surface area (Å²) in [6.07, 6.45) is 2.73. The SMILES string of the molecule is CN=C(NCC1CC1)NCC(C)(C)c1cccs1. The molecule has 4 heteroatoms. The maximum atomic E-state index is 4.27.